The van der Waals surface area contributed by atoms with E-state index in [2.05, 4.69) is 21.6 Å². The maximum Gasteiger partial charge on any atom is 0.409 e. The van der Waals surface area contributed by atoms with Gasteiger partial charge >= 0.3 is 6.09 Å². The number of carbonyl (C=O) groups is 1. The van der Waals surface area contributed by atoms with E-state index in [1.165, 1.54) is 13.3 Å². The summed E-state index contributed by atoms with van der Waals surface area (Å²) in [4.78, 5) is 27.2. The molecular formula is C21H26N6O5S. The number of morpholine rings is 1. The third-order valence-electron chi connectivity index (χ3n) is 5.57. The maximum atomic E-state index is 12.0. The van der Waals surface area contributed by atoms with Crippen molar-refractivity contribution in [3.63, 3.8) is 0 Å². The van der Waals surface area contributed by atoms with E-state index in [0.717, 1.165) is 23.3 Å². The van der Waals surface area contributed by atoms with Gasteiger partial charge in [0.15, 0.2) is 5.82 Å². The standard InChI is InChI=1S/C21H26N6O5S/c1-4-14-5-6-27-16(10-15-12-26(7-8-32-15)21(28)31-3)20(24-18(27)9-14)19-13(2)23-17(11-22-19)25-33(29)30/h5-6,9,11,15,33H,4,7-8,10,12H2,1-3H3,(H,23,25,29,30). The zero-order valence-electron chi connectivity index (χ0n) is 18.6. The Balaban J connectivity index is 1.75. The fourth-order valence-corrected chi connectivity index (χ4v) is 4.25. The Morgan fingerprint density at radius 2 is 2.15 bits per heavy atom. The number of anilines is 1. The molecule has 4 heterocycles. The Bertz CT molecular complexity index is 1250. The average Bonchev–Trinajstić information content (AvgIpc) is 3.15. The van der Waals surface area contributed by atoms with Crippen LogP contribution in [0.4, 0.5) is 10.6 Å². The number of imidazole rings is 1. The molecule has 0 aliphatic carbocycles. The molecule has 1 saturated heterocycles. The van der Waals surface area contributed by atoms with Crippen LogP contribution in [0.3, 0.4) is 0 Å². The second kappa shape index (κ2) is 9.71. The largest absolute Gasteiger partial charge is 0.453 e. The summed E-state index contributed by atoms with van der Waals surface area (Å²) >= 11 is 0. The summed E-state index contributed by atoms with van der Waals surface area (Å²) in [6, 6.07) is 4.07. The minimum Gasteiger partial charge on any atom is -0.453 e. The van der Waals surface area contributed by atoms with Gasteiger partial charge in [-0.25, -0.2) is 28.2 Å². The first-order chi connectivity index (χ1) is 15.9. The third-order valence-corrected chi connectivity index (χ3v) is 5.98. The Hall–Kier alpha value is -3.25. The second-order valence-electron chi connectivity index (χ2n) is 7.69. The van der Waals surface area contributed by atoms with Gasteiger partial charge in [-0.05, 0) is 31.0 Å². The van der Waals surface area contributed by atoms with Crippen molar-refractivity contribution < 1.29 is 22.7 Å². The van der Waals surface area contributed by atoms with Crippen molar-refractivity contribution in [3.05, 3.63) is 41.5 Å². The molecule has 1 unspecified atom stereocenters. The number of nitrogens with zero attached hydrogens (tertiary/aromatic N) is 5. The van der Waals surface area contributed by atoms with Crippen molar-refractivity contribution >= 4 is 28.4 Å². The van der Waals surface area contributed by atoms with E-state index in [9.17, 15) is 13.2 Å². The number of thiol groups is 1. The smallest absolute Gasteiger partial charge is 0.409 e. The van der Waals surface area contributed by atoms with Gasteiger partial charge in [0.1, 0.15) is 17.0 Å². The van der Waals surface area contributed by atoms with Crippen LogP contribution >= 0.6 is 0 Å². The van der Waals surface area contributed by atoms with Crippen molar-refractivity contribution in [1.29, 1.82) is 0 Å². The molecule has 1 atom stereocenters. The molecule has 0 bridgehead atoms. The van der Waals surface area contributed by atoms with Crippen LogP contribution in [0.1, 0.15) is 23.9 Å². The summed E-state index contributed by atoms with van der Waals surface area (Å²) in [6.07, 6.45) is 4.08. The molecule has 0 saturated carbocycles. The number of carbonyl (C=O) groups excluding carboxylic acids is 1. The second-order valence-corrected chi connectivity index (χ2v) is 8.43. The van der Waals surface area contributed by atoms with Gasteiger partial charge in [0.05, 0.1) is 44.0 Å². The van der Waals surface area contributed by atoms with Gasteiger partial charge in [-0.1, -0.05) is 6.92 Å². The number of methoxy groups -OCH3 is 1. The quantitative estimate of drug-likeness (QED) is 0.516. The Morgan fingerprint density at radius 1 is 1.33 bits per heavy atom. The monoisotopic (exact) mass is 474 g/mol. The number of pyridine rings is 1. The molecule has 3 aromatic rings. The number of amides is 1. The molecule has 1 aliphatic rings. The van der Waals surface area contributed by atoms with Gasteiger partial charge in [-0.15, -0.1) is 0 Å². The Morgan fingerprint density at radius 3 is 2.85 bits per heavy atom. The number of rotatable bonds is 6. The Kier molecular flexibility index (Phi) is 6.75. The molecule has 4 rings (SSSR count). The summed E-state index contributed by atoms with van der Waals surface area (Å²) in [6.45, 7) is 5.13. The minimum atomic E-state index is -2.84. The Labute approximate surface area is 192 Å². The first kappa shape index (κ1) is 22.9. The SMILES string of the molecule is CCc1ccn2c(CC3CN(C(=O)OC)CCO3)c(-c3ncc(N[SH](=O)=O)nc3C)nc2c1. The van der Waals surface area contributed by atoms with Crippen molar-refractivity contribution in [2.45, 2.75) is 32.8 Å². The molecule has 0 radical (unpaired) electrons. The molecule has 1 N–H and O–H groups in total. The topological polar surface area (TPSA) is 128 Å². The third kappa shape index (κ3) is 4.91. The van der Waals surface area contributed by atoms with Crippen LogP contribution in [0.2, 0.25) is 0 Å². The van der Waals surface area contributed by atoms with Crippen molar-refractivity contribution in [2.75, 3.05) is 31.5 Å². The van der Waals surface area contributed by atoms with Gasteiger partial charge in [-0.3, -0.25) is 4.72 Å². The zero-order chi connectivity index (χ0) is 23.5. The number of aryl methyl sites for hydroxylation is 2. The normalized spacial score (nSPS) is 16.4. The maximum absolute atomic E-state index is 12.0. The highest BCUT2D eigenvalue weighted by Crippen LogP contribution is 2.28. The summed E-state index contributed by atoms with van der Waals surface area (Å²) in [5, 5.41) is 0. The number of ether oxygens (including phenoxy) is 2. The summed E-state index contributed by atoms with van der Waals surface area (Å²) in [7, 11) is -1.47. The molecule has 0 aromatic carbocycles. The number of hydrogen-bond acceptors (Lipinski definition) is 8. The van der Waals surface area contributed by atoms with Crippen molar-refractivity contribution in [3.8, 4) is 11.4 Å². The molecule has 12 heteroatoms. The zero-order valence-corrected chi connectivity index (χ0v) is 19.5. The van der Waals surface area contributed by atoms with Crippen LogP contribution in [0.5, 0.6) is 0 Å². The summed E-state index contributed by atoms with van der Waals surface area (Å²) in [5.41, 5.74) is 4.53. The first-order valence-electron chi connectivity index (χ1n) is 10.6. The van der Waals surface area contributed by atoms with Gasteiger partial charge in [0.25, 0.3) is 0 Å². The van der Waals surface area contributed by atoms with Crippen LogP contribution in [0.25, 0.3) is 17.0 Å². The number of aromatic nitrogens is 4. The van der Waals surface area contributed by atoms with Crippen molar-refractivity contribution in [1.82, 2.24) is 24.3 Å². The number of nitrogens with one attached hydrogen (secondary N) is 1. The van der Waals surface area contributed by atoms with Gasteiger partial charge in [0.2, 0.25) is 10.9 Å². The molecular weight excluding hydrogens is 448 g/mol. The highest BCUT2D eigenvalue weighted by atomic mass is 32.2. The summed E-state index contributed by atoms with van der Waals surface area (Å²) < 4.78 is 37.0. The molecule has 176 valence electrons. The highest BCUT2D eigenvalue weighted by molar-refractivity contribution is 7.73. The van der Waals surface area contributed by atoms with E-state index in [1.807, 2.05) is 22.7 Å². The van der Waals surface area contributed by atoms with Crippen LogP contribution in [0, 0.1) is 6.92 Å². The lowest BCUT2D eigenvalue weighted by Crippen LogP contribution is -2.46. The highest BCUT2D eigenvalue weighted by Gasteiger charge is 2.28. The van der Waals surface area contributed by atoms with E-state index < -0.39 is 10.9 Å². The predicted octanol–water partition coefficient (Wildman–Crippen LogP) is 1.61. The van der Waals surface area contributed by atoms with Gasteiger partial charge in [0, 0.05) is 19.2 Å². The van der Waals surface area contributed by atoms with Gasteiger partial charge in [-0.2, -0.15) is 0 Å². The molecule has 1 fully saturated rings. The summed E-state index contributed by atoms with van der Waals surface area (Å²) in [5.74, 6) is 0.148. The average molecular weight is 475 g/mol. The van der Waals surface area contributed by atoms with Crippen LogP contribution in [-0.4, -0.2) is 71.7 Å². The van der Waals surface area contributed by atoms with Crippen LogP contribution in [0.15, 0.2) is 24.5 Å². The molecule has 0 spiro atoms. The van der Waals surface area contributed by atoms with E-state index in [1.54, 1.807) is 11.8 Å². The molecule has 11 nitrogen and oxygen atoms in total. The fraction of sp³-hybridized carbons (Fsp3) is 0.429. The van der Waals surface area contributed by atoms with Crippen LogP contribution in [-0.2, 0) is 33.2 Å². The lowest BCUT2D eigenvalue weighted by atomic mass is 10.1. The van der Waals surface area contributed by atoms with E-state index >= 15 is 0 Å². The minimum absolute atomic E-state index is 0.148. The molecule has 3 aromatic heterocycles. The lowest BCUT2D eigenvalue weighted by Gasteiger charge is -2.32. The number of fused-ring (bicyclic) bond motifs is 1. The van der Waals surface area contributed by atoms with Crippen molar-refractivity contribution in [2.24, 2.45) is 0 Å². The van der Waals surface area contributed by atoms with E-state index in [0.29, 0.717) is 43.2 Å². The number of hydrogen-bond donors (Lipinski definition) is 2. The van der Waals surface area contributed by atoms with E-state index in [4.69, 9.17) is 14.5 Å². The van der Waals surface area contributed by atoms with Gasteiger partial charge < -0.3 is 18.8 Å². The molecule has 33 heavy (non-hydrogen) atoms. The predicted molar refractivity (Wildman–Crippen MR) is 122 cm³/mol. The fourth-order valence-electron chi connectivity index (χ4n) is 3.96. The first-order valence-corrected chi connectivity index (χ1v) is 11.8. The molecule has 1 aliphatic heterocycles. The molecule has 1 amide bonds. The van der Waals surface area contributed by atoms with E-state index in [-0.39, 0.29) is 18.0 Å². The van der Waals surface area contributed by atoms with Crippen LogP contribution < -0.4 is 4.72 Å². The lowest BCUT2D eigenvalue weighted by molar-refractivity contribution is -0.0241.